The fraction of sp³-hybridized carbons (Fsp3) is 0.579. The van der Waals surface area contributed by atoms with E-state index in [0.29, 0.717) is 6.61 Å². The predicted molar refractivity (Wildman–Crippen MR) is 89.3 cm³/mol. The van der Waals surface area contributed by atoms with Gasteiger partial charge in [0.25, 0.3) is 0 Å². The van der Waals surface area contributed by atoms with E-state index in [0.717, 1.165) is 38.9 Å². The van der Waals surface area contributed by atoms with Crippen LogP contribution in [0.15, 0.2) is 42.5 Å². The van der Waals surface area contributed by atoms with Crippen LogP contribution in [0.2, 0.25) is 0 Å². The summed E-state index contributed by atoms with van der Waals surface area (Å²) >= 11 is 0. The zero-order valence-electron chi connectivity index (χ0n) is 13.2. The van der Waals surface area contributed by atoms with Gasteiger partial charge in [0.15, 0.2) is 0 Å². The predicted octanol–water partition coefficient (Wildman–Crippen LogP) is 4.87. The van der Waals surface area contributed by atoms with Crippen molar-refractivity contribution in [2.24, 2.45) is 0 Å². The molecule has 0 aromatic heterocycles. The maximum absolute atomic E-state index is 8.66. The van der Waals surface area contributed by atoms with Gasteiger partial charge in [0.05, 0.1) is 6.61 Å². The minimum absolute atomic E-state index is 0.329. The molecule has 0 amide bonds. The van der Waals surface area contributed by atoms with Gasteiger partial charge in [0.2, 0.25) is 0 Å². The van der Waals surface area contributed by atoms with Crippen molar-refractivity contribution in [3.8, 4) is 0 Å². The summed E-state index contributed by atoms with van der Waals surface area (Å²) in [7, 11) is 0. The molecule has 1 aromatic carbocycles. The van der Waals surface area contributed by atoms with Crippen LogP contribution in [0, 0.1) is 0 Å². The van der Waals surface area contributed by atoms with Crippen molar-refractivity contribution in [2.45, 2.75) is 58.0 Å². The smallest absolute Gasteiger partial charge is 0.0716 e. The Labute approximate surface area is 129 Å². The first-order chi connectivity index (χ1) is 10.4. The Morgan fingerprint density at radius 2 is 1.48 bits per heavy atom. The summed E-state index contributed by atoms with van der Waals surface area (Å²) in [6.45, 7) is 1.92. The normalized spacial score (nSPS) is 11.3. The number of aliphatic hydroxyl groups is 1. The number of ether oxygens (including phenoxy) is 1. The Hall–Kier alpha value is -1.12. The Morgan fingerprint density at radius 1 is 0.810 bits per heavy atom. The van der Waals surface area contributed by atoms with Gasteiger partial charge >= 0.3 is 0 Å². The van der Waals surface area contributed by atoms with Gasteiger partial charge in [0.1, 0.15) is 0 Å². The van der Waals surface area contributed by atoms with Crippen molar-refractivity contribution in [1.82, 2.24) is 0 Å². The minimum atomic E-state index is 0.329. The molecule has 0 aliphatic heterocycles. The molecule has 0 saturated heterocycles. The zero-order chi connectivity index (χ0) is 15.0. The van der Waals surface area contributed by atoms with Crippen LogP contribution in [-0.4, -0.2) is 18.3 Å². The maximum Gasteiger partial charge on any atom is 0.0716 e. The van der Waals surface area contributed by atoms with E-state index in [-0.39, 0.29) is 0 Å². The summed E-state index contributed by atoms with van der Waals surface area (Å²) in [5.41, 5.74) is 1.25. The molecule has 2 nitrogen and oxygen atoms in total. The molecule has 21 heavy (non-hydrogen) atoms. The second kappa shape index (κ2) is 13.8. The first-order valence-electron chi connectivity index (χ1n) is 8.31. The Morgan fingerprint density at radius 3 is 2.14 bits per heavy atom. The second-order valence-electron chi connectivity index (χ2n) is 5.43. The highest BCUT2D eigenvalue weighted by atomic mass is 16.5. The van der Waals surface area contributed by atoms with Crippen molar-refractivity contribution < 1.29 is 9.84 Å². The lowest BCUT2D eigenvalue weighted by Gasteiger charge is -2.03. The molecule has 0 heterocycles. The van der Waals surface area contributed by atoms with Crippen molar-refractivity contribution in [3.05, 3.63) is 48.0 Å². The molecule has 118 valence electrons. The Balaban J connectivity index is 1.81. The van der Waals surface area contributed by atoms with Crippen LogP contribution in [0.25, 0.3) is 0 Å². The minimum Gasteiger partial charge on any atom is -0.396 e. The Kier molecular flexibility index (Phi) is 11.8. The third-order valence-corrected chi connectivity index (χ3v) is 3.47. The van der Waals surface area contributed by atoms with Gasteiger partial charge in [-0.1, -0.05) is 55.3 Å². The van der Waals surface area contributed by atoms with Gasteiger partial charge in [-0.2, -0.15) is 0 Å². The fourth-order valence-electron chi connectivity index (χ4n) is 2.19. The lowest BCUT2D eigenvalue weighted by molar-refractivity contribution is 0.117. The topological polar surface area (TPSA) is 29.5 Å². The Bertz CT molecular complexity index is 346. The van der Waals surface area contributed by atoms with Crippen LogP contribution in [0.3, 0.4) is 0 Å². The number of allylic oxidation sites excluding steroid dienone is 2. The van der Waals surface area contributed by atoms with Crippen molar-refractivity contribution in [3.63, 3.8) is 0 Å². The molecule has 2 heteroatoms. The van der Waals surface area contributed by atoms with Gasteiger partial charge in [-0.25, -0.2) is 0 Å². The quantitative estimate of drug-likeness (QED) is 0.415. The molecule has 0 radical (unpaired) electrons. The molecule has 0 aliphatic rings. The fourth-order valence-corrected chi connectivity index (χ4v) is 2.19. The highest BCUT2D eigenvalue weighted by Gasteiger charge is 1.92. The van der Waals surface area contributed by atoms with Gasteiger partial charge in [-0.05, 0) is 44.1 Å². The average molecular weight is 290 g/mol. The third kappa shape index (κ3) is 11.2. The number of rotatable bonds is 13. The van der Waals surface area contributed by atoms with E-state index >= 15 is 0 Å². The van der Waals surface area contributed by atoms with Crippen LogP contribution in [-0.2, 0) is 11.3 Å². The highest BCUT2D eigenvalue weighted by Crippen LogP contribution is 2.05. The molecule has 0 saturated carbocycles. The van der Waals surface area contributed by atoms with Gasteiger partial charge in [0, 0.05) is 13.2 Å². The molecule has 0 spiro atoms. The molecule has 1 N–H and O–H groups in total. The summed E-state index contributed by atoms with van der Waals surface area (Å²) < 4.78 is 5.66. The van der Waals surface area contributed by atoms with Crippen molar-refractivity contribution in [2.75, 3.05) is 13.2 Å². The lowest BCUT2D eigenvalue weighted by atomic mass is 10.1. The molecule has 0 aliphatic carbocycles. The van der Waals surface area contributed by atoms with Crippen LogP contribution in [0.1, 0.15) is 56.9 Å². The summed E-state index contributed by atoms with van der Waals surface area (Å²) in [5.74, 6) is 0. The molecule has 0 fully saturated rings. The van der Waals surface area contributed by atoms with Crippen LogP contribution in [0.5, 0.6) is 0 Å². The van der Waals surface area contributed by atoms with Crippen LogP contribution < -0.4 is 0 Å². The monoisotopic (exact) mass is 290 g/mol. The van der Waals surface area contributed by atoms with E-state index in [2.05, 4.69) is 36.4 Å². The van der Waals surface area contributed by atoms with E-state index in [4.69, 9.17) is 9.84 Å². The second-order valence-corrected chi connectivity index (χ2v) is 5.43. The van der Waals surface area contributed by atoms with Gasteiger partial charge in [-0.15, -0.1) is 0 Å². The molecule has 1 aromatic rings. The molecular weight excluding hydrogens is 260 g/mol. The molecule has 0 atom stereocenters. The van der Waals surface area contributed by atoms with Crippen molar-refractivity contribution >= 4 is 0 Å². The summed E-state index contributed by atoms with van der Waals surface area (Å²) in [4.78, 5) is 0. The van der Waals surface area contributed by atoms with E-state index in [1.54, 1.807) is 0 Å². The average Bonchev–Trinajstić information content (AvgIpc) is 2.53. The van der Waals surface area contributed by atoms with Crippen molar-refractivity contribution in [1.29, 1.82) is 0 Å². The number of benzene rings is 1. The first kappa shape index (κ1) is 17.9. The van der Waals surface area contributed by atoms with Crippen LogP contribution in [0.4, 0.5) is 0 Å². The SMILES string of the molecule is OCCCCC/C=C/CCCCCOCc1ccccc1. The van der Waals surface area contributed by atoms with Gasteiger partial charge in [-0.3, -0.25) is 0 Å². The summed E-state index contributed by atoms with van der Waals surface area (Å²) in [5, 5.41) is 8.66. The lowest BCUT2D eigenvalue weighted by Crippen LogP contribution is -1.95. The largest absolute Gasteiger partial charge is 0.396 e. The third-order valence-electron chi connectivity index (χ3n) is 3.47. The number of hydrogen-bond donors (Lipinski definition) is 1. The molecular formula is C19H30O2. The standard InChI is InChI=1S/C19H30O2/c20-16-12-7-5-3-1-2-4-6-8-13-17-21-18-19-14-10-9-11-15-19/h1-2,9-11,14-15,20H,3-8,12-13,16-18H2/b2-1+. The molecule has 0 unspecified atom stereocenters. The zero-order valence-corrected chi connectivity index (χ0v) is 13.2. The van der Waals surface area contributed by atoms with E-state index in [9.17, 15) is 0 Å². The molecule has 0 bridgehead atoms. The maximum atomic E-state index is 8.66. The van der Waals surface area contributed by atoms with Gasteiger partial charge < -0.3 is 9.84 Å². The van der Waals surface area contributed by atoms with Crippen LogP contribution >= 0.6 is 0 Å². The first-order valence-corrected chi connectivity index (χ1v) is 8.31. The highest BCUT2D eigenvalue weighted by molar-refractivity contribution is 5.13. The van der Waals surface area contributed by atoms with E-state index in [1.807, 2.05) is 6.07 Å². The summed E-state index contributed by atoms with van der Waals surface area (Å²) in [6.07, 6.45) is 13.8. The number of aliphatic hydroxyl groups excluding tert-OH is 1. The van der Waals surface area contributed by atoms with E-state index < -0.39 is 0 Å². The molecule has 1 rings (SSSR count). The summed E-state index contributed by atoms with van der Waals surface area (Å²) in [6, 6.07) is 10.3. The number of hydrogen-bond acceptors (Lipinski definition) is 2. The van der Waals surface area contributed by atoms with E-state index in [1.165, 1.54) is 31.2 Å². The number of unbranched alkanes of at least 4 members (excludes halogenated alkanes) is 6.